The van der Waals surface area contributed by atoms with Crippen LogP contribution in [0, 0.1) is 13.8 Å². The molecule has 1 amide bonds. The summed E-state index contributed by atoms with van der Waals surface area (Å²) in [5.74, 6) is 0.994. The summed E-state index contributed by atoms with van der Waals surface area (Å²) in [5, 5.41) is 2.52. The van der Waals surface area contributed by atoms with E-state index in [1.165, 1.54) is 0 Å². The smallest absolute Gasteiger partial charge is 0.212 e. The second kappa shape index (κ2) is 4.09. The first-order valence-corrected chi connectivity index (χ1v) is 4.77. The molecular weight excluding hydrogens is 206 g/mol. The molecule has 82 valence electrons. The van der Waals surface area contributed by atoms with E-state index in [-0.39, 0.29) is 0 Å². The predicted molar refractivity (Wildman–Crippen MR) is 58.8 cm³/mol. The standard InChI is InChI=1S/C10H11N5O/c1-6-7(2)15-10(13-5-16)8(14-6)9-11-3-4-12-9/h3-5H,1-2H3,(H,11,12)(H,13,15,16). The van der Waals surface area contributed by atoms with Crippen molar-refractivity contribution in [3.8, 4) is 11.5 Å². The Kier molecular flexibility index (Phi) is 2.63. The molecule has 2 rings (SSSR count). The van der Waals surface area contributed by atoms with E-state index in [0.29, 0.717) is 23.7 Å². The first-order valence-electron chi connectivity index (χ1n) is 4.77. The molecule has 0 bridgehead atoms. The summed E-state index contributed by atoms with van der Waals surface area (Å²) >= 11 is 0. The van der Waals surface area contributed by atoms with E-state index >= 15 is 0 Å². The average Bonchev–Trinajstić information content (AvgIpc) is 2.76. The molecule has 0 aliphatic carbocycles. The lowest BCUT2D eigenvalue weighted by atomic mass is 10.3. The largest absolute Gasteiger partial charge is 0.343 e. The first kappa shape index (κ1) is 10.3. The summed E-state index contributed by atoms with van der Waals surface area (Å²) in [6.45, 7) is 3.70. The highest BCUT2D eigenvalue weighted by Crippen LogP contribution is 2.21. The van der Waals surface area contributed by atoms with Gasteiger partial charge in [0, 0.05) is 12.4 Å². The van der Waals surface area contributed by atoms with Crippen LogP contribution in [0.4, 0.5) is 5.82 Å². The van der Waals surface area contributed by atoms with E-state index in [9.17, 15) is 4.79 Å². The molecule has 0 saturated carbocycles. The van der Waals surface area contributed by atoms with Gasteiger partial charge in [-0.1, -0.05) is 0 Å². The zero-order valence-corrected chi connectivity index (χ0v) is 8.98. The second-order valence-electron chi connectivity index (χ2n) is 3.29. The third-order valence-corrected chi connectivity index (χ3v) is 2.23. The van der Waals surface area contributed by atoms with Crippen LogP contribution in [0.5, 0.6) is 0 Å². The van der Waals surface area contributed by atoms with E-state index in [2.05, 4.69) is 25.3 Å². The van der Waals surface area contributed by atoms with Gasteiger partial charge in [-0.25, -0.2) is 15.0 Å². The van der Waals surface area contributed by atoms with Crippen molar-refractivity contribution in [2.45, 2.75) is 13.8 Å². The maximum atomic E-state index is 10.5. The van der Waals surface area contributed by atoms with Gasteiger partial charge in [-0.2, -0.15) is 0 Å². The van der Waals surface area contributed by atoms with Crippen molar-refractivity contribution in [2.24, 2.45) is 0 Å². The van der Waals surface area contributed by atoms with Gasteiger partial charge in [-0.05, 0) is 13.8 Å². The van der Waals surface area contributed by atoms with E-state index < -0.39 is 0 Å². The molecule has 2 aromatic rings. The molecule has 16 heavy (non-hydrogen) atoms. The summed E-state index contributed by atoms with van der Waals surface area (Å²) in [6.07, 6.45) is 3.89. The lowest BCUT2D eigenvalue weighted by molar-refractivity contribution is -0.105. The first-order chi connectivity index (χ1) is 7.72. The Labute approximate surface area is 92.2 Å². The van der Waals surface area contributed by atoms with Crippen LogP contribution in [-0.4, -0.2) is 26.3 Å². The van der Waals surface area contributed by atoms with Crippen LogP contribution >= 0.6 is 0 Å². The van der Waals surface area contributed by atoms with Crippen LogP contribution in [0.25, 0.3) is 11.5 Å². The summed E-state index contributed by atoms with van der Waals surface area (Å²) in [5.41, 5.74) is 2.13. The van der Waals surface area contributed by atoms with Crippen molar-refractivity contribution >= 4 is 12.2 Å². The third-order valence-electron chi connectivity index (χ3n) is 2.23. The number of carbonyl (C=O) groups is 1. The molecule has 0 aliphatic rings. The Morgan fingerprint density at radius 2 is 2.06 bits per heavy atom. The molecule has 0 spiro atoms. The molecule has 0 aliphatic heterocycles. The third kappa shape index (κ3) is 1.77. The number of imidazole rings is 1. The molecule has 0 aromatic carbocycles. The van der Waals surface area contributed by atoms with Gasteiger partial charge in [-0.3, -0.25) is 4.79 Å². The number of anilines is 1. The molecule has 0 unspecified atom stereocenters. The van der Waals surface area contributed by atoms with Crippen molar-refractivity contribution in [1.29, 1.82) is 0 Å². The van der Waals surface area contributed by atoms with Crippen LogP contribution in [0.15, 0.2) is 12.4 Å². The van der Waals surface area contributed by atoms with Gasteiger partial charge >= 0.3 is 0 Å². The number of rotatable bonds is 3. The fourth-order valence-corrected chi connectivity index (χ4v) is 1.32. The summed E-state index contributed by atoms with van der Waals surface area (Å²) < 4.78 is 0. The molecule has 0 radical (unpaired) electrons. The maximum Gasteiger partial charge on any atom is 0.212 e. The van der Waals surface area contributed by atoms with Crippen molar-refractivity contribution < 1.29 is 4.79 Å². The minimum absolute atomic E-state index is 0.410. The van der Waals surface area contributed by atoms with E-state index in [1.54, 1.807) is 12.4 Å². The number of aryl methyl sites for hydroxylation is 2. The van der Waals surface area contributed by atoms with Gasteiger partial charge in [0.05, 0.1) is 11.4 Å². The lowest BCUT2D eigenvalue weighted by Gasteiger charge is -2.07. The van der Waals surface area contributed by atoms with E-state index in [1.807, 2.05) is 13.8 Å². The highest BCUT2D eigenvalue weighted by Gasteiger charge is 2.12. The number of hydrogen-bond donors (Lipinski definition) is 2. The van der Waals surface area contributed by atoms with Gasteiger partial charge in [-0.15, -0.1) is 0 Å². The van der Waals surface area contributed by atoms with Crippen molar-refractivity contribution in [1.82, 2.24) is 19.9 Å². The molecular formula is C10H11N5O. The molecule has 2 aromatic heterocycles. The zero-order valence-electron chi connectivity index (χ0n) is 8.98. The Hall–Kier alpha value is -2.24. The van der Waals surface area contributed by atoms with Gasteiger partial charge < -0.3 is 10.3 Å². The lowest BCUT2D eigenvalue weighted by Crippen LogP contribution is -2.05. The van der Waals surface area contributed by atoms with Crippen molar-refractivity contribution in [2.75, 3.05) is 5.32 Å². The fraction of sp³-hybridized carbons (Fsp3) is 0.200. The van der Waals surface area contributed by atoms with Gasteiger partial charge in [0.25, 0.3) is 0 Å². The van der Waals surface area contributed by atoms with Crippen LogP contribution in [-0.2, 0) is 4.79 Å². The highest BCUT2D eigenvalue weighted by atomic mass is 16.1. The number of aromatic nitrogens is 4. The second-order valence-corrected chi connectivity index (χ2v) is 3.29. The topological polar surface area (TPSA) is 83.6 Å². The molecule has 0 saturated heterocycles. The van der Waals surface area contributed by atoms with Crippen LogP contribution in [0.2, 0.25) is 0 Å². The fourth-order valence-electron chi connectivity index (χ4n) is 1.32. The van der Waals surface area contributed by atoms with E-state index in [4.69, 9.17) is 0 Å². The SMILES string of the molecule is Cc1nc(NC=O)c(-c2ncc[nH]2)nc1C. The zero-order chi connectivity index (χ0) is 11.5. The maximum absolute atomic E-state index is 10.5. The number of hydrogen-bond acceptors (Lipinski definition) is 4. The molecule has 2 N–H and O–H groups in total. The summed E-state index contributed by atoms with van der Waals surface area (Å²) in [4.78, 5) is 26.1. The normalized spacial score (nSPS) is 10.1. The van der Waals surface area contributed by atoms with Gasteiger partial charge in [0.2, 0.25) is 6.41 Å². The molecule has 0 atom stereocenters. The molecule has 2 heterocycles. The van der Waals surface area contributed by atoms with Crippen molar-refractivity contribution in [3.05, 3.63) is 23.8 Å². The summed E-state index contributed by atoms with van der Waals surface area (Å²) in [7, 11) is 0. The summed E-state index contributed by atoms with van der Waals surface area (Å²) in [6, 6.07) is 0. The number of carbonyl (C=O) groups excluding carboxylic acids is 1. The highest BCUT2D eigenvalue weighted by molar-refractivity contribution is 5.77. The monoisotopic (exact) mass is 217 g/mol. The molecule has 0 fully saturated rings. The predicted octanol–water partition coefficient (Wildman–Crippen LogP) is 1.05. The van der Waals surface area contributed by atoms with E-state index in [0.717, 1.165) is 11.4 Å². The van der Waals surface area contributed by atoms with Crippen molar-refractivity contribution in [3.63, 3.8) is 0 Å². The quantitative estimate of drug-likeness (QED) is 0.753. The molecule has 6 nitrogen and oxygen atoms in total. The Balaban J connectivity index is 2.58. The van der Waals surface area contributed by atoms with Gasteiger partial charge in [0.1, 0.15) is 5.69 Å². The average molecular weight is 217 g/mol. The Morgan fingerprint density at radius 3 is 2.69 bits per heavy atom. The Bertz CT molecular complexity index is 506. The van der Waals surface area contributed by atoms with Crippen LogP contribution < -0.4 is 5.32 Å². The number of amides is 1. The number of nitrogens with one attached hydrogen (secondary N) is 2. The van der Waals surface area contributed by atoms with Crippen LogP contribution in [0.1, 0.15) is 11.4 Å². The Morgan fingerprint density at radius 1 is 1.31 bits per heavy atom. The minimum atomic E-state index is 0.410. The number of aromatic amines is 1. The van der Waals surface area contributed by atoms with Crippen LogP contribution in [0.3, 0.4) is 0 Å². The number of nitrogens with zero attached hydrogens (tertiary/aromatic N) is 3. The molecule has 6 heteroatoms. The minimum Gasteiger partial charge on any atom is -0.343 e. The number of H-pyrrole nitrogens is 1. The van der Waals surface area contributed by atoms with Gasteiger partial charge in [0.15, 0.2) is 11.6 Å².